The Morgan fingerprint density at radius 1 is 1.36 bits per heavy atom. The number of nitrogens with zero attached hydrogens (tertiary/aromatic N) is 2. The molecule has 0 aromatic carbocycles. The highest BCUT2D eigenvalue weighted by molar-refractivity contribution is 4.92. The SMILES string of the molecule is CC(C)(C#N)CCN1CCCNCC1. The predicted octanol–water partition coefficient (Wildman–Crippen LogP) is 1.22. The molecule has 0 amide bonds. The summed E-state index contributed by atoms with van der Waals surface area (Å²) in [4.78, 5) is 2.46. The van der Waals surface area contributed by atoms with Crippen molar-refractivity contribution in [1.82, 2.24) is 10.2 Å². The van der Waals surface area contributed by atoms with E-state index in [1.165, 1.54) is 13.0 Å². The standard InChI is InChI=1S/C11H21N3/c1-11(2,10-12)4-8-14-7-3-5-13-6-9-14/h13H,3-9H2,1-2H3. The normalized spacial score (nSPS) is 20.1. The molecule has 14 heavy (non-hydrogen) atoms. The predicted molar refractivity (Wildman–Crippen MR) is 57.9 cm³/mol. The quantitative estimate of drug-likeness (QED) is 0.736. The summed E-state index contributed by atoms with van der Waals surface area (Å²) in [6.45, 7) is 9.62. The van der Waals surface area contributed by atoms with Gasteiger partial charge < -0.3 is 10.2 Å². The highest BCUT2D eigenvalue weighted by atomic mass is 15.1. The second-order valence-electron chi connectivity index (χ2n) is 4.69. The molecule has 3 nitrogen and oxygen atoms in total. The Kier molecular flexibility index (Phi) is 4.37. The summed E-state index contributed by atoms with van der Waals surface area (Å²) in [7, 11) is 0. The fraction of sp³-hybridized carbons (Fsp3) is 0.909. The van der Waals surface area contributed by atoms with Crippen LogP contribution in [0.3, 0.4) is 0 Å². The lowest BCUT2D eigenvalue weighted by atomic mass is 9.91. The van der Waals surface area contributed by atoms with Crippen LogP contribution in [0.5, 0.6) is 0 Å². The highest BCUT2D eigenvalue weighted by Crippen LogP contribution is 2.18. The van der Waals surface area contributed by atoms with Crippen molar-refractivity contribution in [2.75, 3.05) is 32.7 Å². The highest BCUT2D eigenvalue weighted by Gasteiger charge is 2.18. The third kappa shape index (κ3) is 4.08. The van der Waals surface area contributed by atoms with Crippen molar-refractivity contribution in [2.45, 2.75) is 26.7 Å². The maximum atomic E-state index is 8.90. The Bertz CT molecular complexity index is 197. The van der Waals surface area contributed by atoms with Crippen molar-refractivity contribution >= 4 is 0 Å². The van der Waals surface area contributed by atoms with Gasteiger partial charge in [-0.25, -0.2) is 0 Å². The summed E-state index contributed by atoms with van der Waals surface area (Å²) in [5, 5.41) is 12.3. The molecular weight excluding hydrogens is 174 g/mol. The van der Waals surface area contributed by atoms with Crippen LogP contribution in [-0.4, -0.2) is 37.6 Å². The van der Waals surface area contributed by atoms with Crippen LogP contribution in [0.25, 0.3) is 0 Å². The molecule has 1 N–H and O–H groups in total. The van der Waals surface area contributed by atoms with E-state index < -0.39 is 0 Å². The molecule has 1 aliphatic rings. The van der Waals surface area contributed by atoms with Gasteiger partial charge in [0, 0.05) is 13.1 Å². The molecule has 1 heterocycles. The Morgan fingerprint density at radius 3 is 2.86 bits per heavy atom. The molecule has 0 unspecified atom stereocenters. The third-order valence-corrected chi connectivity index (χ3v) is 2.79. The lowest BCUT2D eigenvalue weighted by molar-refractivity contribution is 0.256. The van der Waals surface area contributed by atoms with Crippen molar-refractivity contribution < 1.29 is 0 Å². The van der Waals surface area contributed by atoms with E-state index in [2.05, 4.69) is 16.3 Å². The van der Waals surface area contributed by atoms with Gasteiger partial charge in [0.15, 0.2) is 0 Å². The topological polar surface area (TPSA) is 39.1 Å². The fourth-order valence-electron chi connectivity index (χ4n) is 1.62. The largest absolute Gasteiger partial charge is 0.315 e. The van der Waals surface area contributed by atoms with Crippen LogP contribution in [0, 0.1) is 16.7 Å². The van der Waals surface area contributed by atoms with E-state index >= 15 is 0 Å². The number of nitriles is 1. The van der Waals surface area contributed by atoms with Crippen LogP contribution in [0.2, 0.25) is 0 Å². The van der Waals surface area contributed by atoms with E-state index in [1.807, 2.05) is 13.8 Å². The van der Waals surface area contributed by atoms with Gasteiger partial charge in [0.05, 0.1) is 11.5 Å². The molecule has 0 spiro atoms. The smallest absolute Gasteiger partial charge is 0.0684 e. The first-order chi connectivity index (χ1) is 6.64. The number of hydrogen-bond acceptors (Lipinski definition) is 3. The minimum Gasteiger partial charge on any atom is -0.315 e. The van der Waals surface area contributed by atoms with Gasteiger partial charge >= 0.3 is 0 Å². The molecule has 0 bridgehead atoms. The first kappa shape index (κ1) is 11.5. The van der Waals surface area contributed by atoms with Crippen LogP contribution >= 0.6 is 0 Å². The molecular formula is C11H21N3. The van der Waals surface area contributed by atoms with E-state index in [0.29, 0.717) is 0 Å². The summed E-state index contributed by atoms with van der Waals surface area (Å²) >= 11 is 0. The maximum Gasteiger partial charge on any atom is 0.0684 e. The fourth-order valence-corrected chi connectivity index (χ4v) is 1.62. The molecule has 1 fully saturated rings. The van der Waals surface area contributed by atoms with Gasteiger partial charge in [-0.1, -0.05) is 0 Å². The minimum atomic E-state index is -0.167. The molecule has 0 radical (unpaired) electrons. The lowest BCUT2D eigenvalue weighted by Crippen LogP contribution is -2.31. The van der Waals surface area contributed by atoms with Gasteiger partial charge in [-0.2, -0.15) is 5.26 Å². The monoisotopic (exact) mass is 195 g/mol. The van der Waals surface area contributed by atoms with Gasteiger partial charge in [-0.15, -0.1) is 0 Å². The molecule has 1 saturated heterocycles. The molecule has 0 atom stereocenters. The first-order valence-electron chi connectivity index (χ1n) is 5.48. The summed E-state index contributed by atoms with van der Waals surface area (Å²) < 4.78 is 0. The Morgan fingerprint density at radius 2 is 2.14 bits per heavy atom. The minimum absolute atomic E-state index is 0.167. The van der Waals surface area contributed by atoms with E-state index in [-0.39, 0.29) is 5.41 Å². The number of hydrogen-bond donors (Lipinski definition) is 1. The van der Waals surface area contributed by atoms with Gasteiger partial charge in [0.2, 0.25) is 0 Å². The zero-order valence-corrected chi connectivity index (χ0v) is 9.34. The molecule has 1 aliphatic heterocycles. The van der Waals surface area contributed by atoms with Crippen molar-refractivity contribution in [2.24, 2.45) is 5.41 Å². The molecule has 0 aliphatic carbocycles. The van der Waals surface area contributed by atoms with Gasteiger partial charge in [-0.3, -0.25) is 0 Å². The second-order valence-corrected chi connectivity index (χ2v) is 4.69. The van der Waals surface area contributed by atoms with E-state index in [9.17, 15) is 0 Å². The Labute approximate surface area is 87.1 Å². The summed E-state index contributed by atoms with van der Waals surface area (Å²) in [5.74, 6) is 0. The van der Waals surface area contributed by atoms with Crippen LogP contribution in [0.4, 0.5) is 0 Å². The average Bonchev–Trinajstić information content (AvgIpc) is 2.43. The Hall–Kier alpha value is -0.590. The average molecular weight is 195 g/mol. The number of rotatable bonds is 3. The zero-order chi connectivity index (χ0) is 10.4. The van der Waals surface area contributed by atoms with Crippen molar-refractivity contribution in [3.05, 3.63) is 0 Å². The molecule has 1 rings (SSSR count). The van der Waals surface area contributed by atoms with Crippen molar-refractivity contribution in [1.29, 1.82) is 5.26 Å². The van der Waals surface area contributed by atoms with Crippen LogP contribution < -0.4 is 5.32 Å². The zero-order valence-electron chi connectivity index (χ0n) is 9.34. The third-order valence-electron chi connectivity index (χ3n) is 2.79. The summed E-state index contributed by atoms with van der Waals surface area (Å²) in [5.41, 5.74) is -0.167. The molecule has 0 saturated carbocycles. The van der Waals surface area contributed by atoms with Crippen molar-refractivity contribution in [3.63, 3.8) is 0 Å². The van der Waals surface area contributed by atoms with Gasteiger partial charge in [-0.05, 0) is 46.3 Å². The van der Waals surface area contributed by atoms with E-state index in [1.54, 1.807) is 0 Å². The molecule has 80 valence electrons. The molecule has 0 aromatic heterocycles. The summed E-state index contributed by atoms with van der Waals surface area (Å²) in [6.07, 6.45) is 2.20. The molecule has 3 heteroatoms. The maximum absolute atomic E-state index is 8.90. The van der Waals surface area contributed by atoms with Gasteiger partial charge in [0.25, 0.3) is 0 Å². The van der Waals surface area contributed by atoms with Crippen LogP contribution in [0.1, 0.15) is 26.7 Å². The lowest BCUT2D eigenvalue weighted by Gasteiger charge is -2.23. The van der Waals surface area contributed by atoms with Crippen LogP contribution in [0.15, 0.2) is 0 Å². The van der Waals surface area contributed by atoms with Crippen molar-refractivity contribution in [3.8, 4) is 6.07 Å². The van der Waals surface area contributed by atoms with E-state index in [4.69, 9.17) is 5.26 Å². The van der Waals surface area contributed by atoms with Crippen LogP contribution in [-0.2, 0) is 0 Å². The van der Waals surface area contributed by atoms with E-state index in [0.717, 1.165) is 32.6 Å². The Balaban J connectivity index is 2.26. The molecule has 0 aromatic rings. The first-order valence-corrected chi connectivity index (χ1v) is 5.48. The number of nitrogens with one attached hydrogen (secondary N) is 1. The summed E-state index contributed by atoms with van der Waals surface area (Å²) in [6, 6.07) is 2.35. The second kappa shape index (κ2) is 5.33. The van der Waals surface area contributed by atoms with Gasteiger partial charge in [0.1, 0.15) is 0 Å².